The third-order valence-electron chi connectivity index (χ3n) is 4.72. The van der Waals surface area contributed by atoms with Gasteiger partial charge in [0.1, 0.15) is 5.69 Å². The summed E-state index contributed by atoms with van der Waals surface area (Å²) in [5, 5.41) is 8.50. The lowest BCUT2D eigenvalue weighted by molar-refractivity contribution is 0.102. The van der Waals surface area contributed by atoms with Crippen molar-refractivity contribution in [2.75, 3.05) is 37.0 Å². The van der Waals surface area contributed by atoms with Gasteiger partial charge in [-0.15, -0.1) is 0 Å². The molecule has 2 heterocycles. The Morgan fingerprint density at radius 1 is 1.03 bits per heavy atom. The van der Waals surface area contributed by atoms with Gasteiger partial charge in [-0.3, -0.25) is 14.8 Å². The Morgan fingerprint density at radius 3 is 2.50 bits per heavy atom. The summed E-state index contributed by atoms with van der Waals surface area (Å²) in [6.45, 7) is 0.757. The molecule has 1 aromatic carbocycles. The number of para-hydroxylation sites is 2. The molecule has 9 nitrogen and oxygen atoms in total. The molecule has 0 aliphatic rings. The van der Waals surface area contributed by atoms with Gasteiger partial charge >= 0.3 is 6.03 Å². The third kappa shape index (κ3) is 6.51. The van der Waals surface area contributed by atoms with Gasteiger partial charge in [-0.2, -0.15) is 0 Å². The van der Waals surface area contributed by atoms with Crippen molar-refractivity contribution in [3.05, 3.63) is 78.4 Å². The van der Waals surface area contributed by atoms with E-state index in [-0.39, 0.29) is 23.7 Å². The predicted octanol–water partition coefficient (Wildman–Crippen LogP) is 3.13. The van der Waals surface area contributed by atoms with Crippen LogP contribution >= 0.6 is 0 Å². The molecule has 2 aromatic heterocycles. The molecule has 32 heavy (non-hydrogen) atoms. The summed E-state index contributed by atoms with van der Waals surface area (Å²) in [4.78, 5) is 35.3. The first-order chi connectivity index (χ1) is 15.4. The average Bonchev–Trinajstić information content (AvgIpc) is 2.79. The largest absolute Gasteiger partial charge is 0.397 e. The summed E-state index contributed by atoms with van der Waals surface area (Å²) in [6.07, 6.45) is 5.48. The SMILES string of the molecule is CN(C)CCC(NC(=O)Nc1cccnc1)c1ccc(C(=O)Nc2ccccc2N)nc1. The number of benzene rings is 1. The summed E-state index contributed by atoms with van der Waals surface area (Å²) in [5.74, 6) is -0.360. The van der Waals surface area contributed by atoms with Crippen molar-refractivity contribution in [2.45, 2.75) is 12.5 Å². The van der Waals surface area contributed by atoms with Crippen molar-refractivity contribution in [1.82, 2.24) is 20.2 Å². The van der Waals surface area contributed by atoms with E-state index in [4.69, 9.17) is 5.73 Å². The van der Waals surface area contributed by atoms with Gasteiger partial charge in [0.05, 0.1) is 29.3 Å². The van der Waals surface area contributed by atoms with Crippen molar-refractivity contribution in [3.8, 4) is 0 Å². The van der Waals surface area contributed by atoms with Crippen LogP contribution in [0.2, 0.25) is 0 Å². The highest BCUT2D eigenvalue weighted by Crippen LogP contribution is 2.20. The number of pyridine rings is 2. The fourth-order valence-electron chi connectivity index (χ4n) is 3.01. The summed E-state index contributed by atoms with van der Waals surface area (Å²) in [7, 11) is 3.93. The summed E-state index contributed by atoms with van der Waals surface area (Å²) < 4.78 is 0. The molecule has 0 spiro atoms. The maximum absolute atomic E-state index is 12.5. The molecule has 3 amide bonds. The second-order valence-electron chi connectivity index (χ2n) is 7.50. The van der Waals surface area contributed by atoms with Gasteiger partial charge in [-0.25, -0.2) is 4.79 Å². The molecule has 0 saturated heterocycles. The number of aromatic nitrogens is 2. The van der Waals surface area contributed by atoms with Crippen molar-refractivity contribution in [2.24, 2.45) is 0 Å². The lowest BCUT2D eigenvalue weighted by Gasteiger charge is -2.21. The van der Waals surface area contributed by atoms with E-state index in [0.717, 1.165) is 12.1 Å². The molecule has 0 bridgehead atoms. The third-order valence-corrected chi connectivity index (χ3v) is 4.72. The van der Waals surface area contributed by atoms with Gasteiger partial charge in [0.25, 0.3) is 5.91 Å². The zero-order chi connectivity index (χ0) is 22.9. The Hall–Kier alpha value is -3.98. The highest BCUT2D eigenvalue weighted by atomic mass is 16.2. The number of carbonyl (C=O) groups is 2. The topological polar surface area (TPSA) is 125 Å². The van der Waals surface area contributed by atoms with Gasteiger partial charge in [-0.05, 0) is 63.0 Å². The van der Waals surface area contributed by atoms with Crippen LogP contribution in [-0.2, 0) is 0 Å². The molecule has 3 rings (SSSR count). The van der Waals surface area contributed by atoms with Gasteiger partial charge < -0.3 is 26.6 Å². The monoisotopic (exact) mass is 433 g/mol. The molecule has 1 atom stereocenters. The minimum Gasteiger partial charge on any atom is -0.397 e. The highest BCUT2D eigenvalue weighted by Gasteiger charge is 2.17. The molecule has 0 radical (unpaired) electrons. The molecule has 0 aliphatic carbocycles. The Balaban J connectivity index is 1.69. The van der Waals surface area contributed by atoms with Crippen molar-refractivity contribution >= 4 is 29.0 Å². The molecule has 5 N–H and O–H groups in total. The van der Waals surface area contributed by atoms with Crippen LogP contribution in [0, 0.1) is 0 Å². The van der Waals surface area contributed by atoms with Crippen LogP contribution in [0.15, 0.2) is 67.1 Å². The van der Waals surface area contributed by atoms with E-state index in [1.54, 1.807) is 67.1 Å². The molecule has 166 valence electrons. The molecular formula is C23H27N7O2. The van der Waals surface area contributed by atoms with Crippen molar-refractivity contribution in [1.29, 1.82) is 0 Å². The summed E-state index contributed by atoms with van der Waals surface area (Å²) in [6, 6.07) is 13.3. The van der Waals surface area contributed by atoms with Crippen LogP contribution < -0.4 is 21.7 Å². The number of nitrogen functional groups attached to an aromatic ring is 1. The van der Waals surface area contributed by atoms with Crippen molar-refractivity contribution < 1.29 is 9.59 Å². The number of hydrogen-bond acceptors (Lipinski definition) is 6. The minimum atomic E-state index is -0.360. The summed E-state index contributed by atoms with van der Waals surface area (Å²) >= 11 is 0. The zero-order valence-corrected chi connectivity index (χ0v) is 18.1. The number of hydrogen-bond donors (Lipinski definition) is 4. The molecule has 0 saturated carbocycles. The second kappa shape index (κ2) is 10.9. The van der Waals surface area contributed by atoms with E-state index >= 15 is 0 Å². The highest BCUT2D eigenvalue weighted by molar-refractivity contribution is 6.04. The summed E-state index contributed by atoms with van der Waals surface area (Å²) in [5.41, 5.74) is 8.53. The number of nitrogens with one attached hydrogen (secondary N) is 3. The average molecular weight is 434 g/mol. The number of nitrogens with two attached hydrogens (primary N) is 1. The smallest absolute Gasteiger partial charge is 0.319 e. The van der Waals surface area contributed by atoms with Crippen LogP contribution in [-0.4, -0.2) is 47.4 Å². The van der Waals surface area contributed by atoms with Crippen molar-refractivity contribution in [3.63, 3.8) is 0 Å². The van der Waals surface area contributed by atoms with Crippen LogP contribution in [0.25, 0.3) is 0 Å². The number of nitrogens with zero attached hydrogens (tertiary/aromatic N) is 3. The zero-order valence-electron chi connectivity index (χ0n) is 18.1. The lowest BCUT2D eigenvalue weighted by atomic mass is 10.1. The van der Waals surface area contributed by atoms with E-state index < -0.39 is 0 Å². The van der Waals surface area contributed by atoms with Crippen LogP contribution in [0.5, 0.6) is 0 Å². The molecule has 0 aliphatic heterocycles. The quantitative estimate of drug-likeness (QED) is 0.405. The van der Waals surface area contributed by atoms with Crippen LogP contribution in [0.1, 0.15) is 28.5 Å². The van der Waals surface area contributed by atoms with Gasteiger partial charge in [-0.1, -0.05) is 18.2 Å². The Kier molecular flexibility index (Phi) is 7.71. The van der Waals surface area contributed by atoms with E-state index in [2.05, 4.69) is 25.9 Å². The Morgan fingerprint density at radius 2 is 1.84 bits per heavy atom. The maximum Gasteiger partial charge on any atom is 0.319 e. The number of amides is 3. The standard InChI is InChI=1S/C23H27N7O2/c1-30(2)13-11-19(29-23(32)27-17-6-5-12-25-15-17)16-9-10-21(26-14-16)22(31)28-20-8-4-3-7-18(20)24/h3-10,12,14-15,19H,11,13,24H2,1-2H3,(H,28,31)(H2,27,29,32). The molecule has 0 fully saturated rings. The first-order valence-electron chi connectivity index (χ1n) is 10.2. The van der Waals surface area contributed by atoms with E-state index in [1.807, 2.05) is 19.0 Å². The minimum absolute atomic E-state index is 0.253. The fourth-order valence-corrected chi connectivity index (χ4v) is 3.01. The maximum atomic E-state index is 12.5. The van der Waals surface area contributed by atoms with Crippen LogP contribution in [0.4, 0.5) is 21.9 Å². The van der Waals surface area contributed by atoms with Gasteiger partial charge in [0.2, 0.25) is 0 Å². The Labute approximate surface area is 187 Å². The Bertz CT molecular complexity index is 1040. The van der Waals surface area contributed by atoms with Gasteiger partial charge in [0, 0.05) is 12.4 Å². The van der Waals surface area contributed by atoms with Crippen LogP contribution in [0.3, 0.4) is 0 Å². The normalized spacial score (nSPS) is 11.6. The van der Waals surface area contributed by atoms with E-state index in [0.29, 0.717) is 23.5 Å². The first kappa shape index (κ1) is 22.7. The fraction of sp³-hybridized carbons (Fsp3) is 0.217. The number of rotatable bonds is 8. The number of anilines is 3. The number of carbonyl (C=O) groups excluding carboxylic acids is 2. The molecule has 3 aromatic rings. The predicted molar refractivity (Wildman–Crippen MR) is 125 cm³/mol. The number of urea groups is 1. The molecule has 1 unspecified atom stereocenters. The second-order valence-corrected chi connectivity index (χ2v) is 7.50. The molecule has 9 heteroatoms. The van der Waals surface area contributed by atoms with Gasteiger partial charge in [0.15, 0.2) is 0 Å². The first-order valence-corrected chi connectivity index (χ1v) is 10.2. The molecular weight excluding hydrogens is 406 g/mol. The van der Waals surface area contributed by atoms with E-state index in [1.165, 1.54) is 0 Å². The van der Waals surface area contributed by atoms with E-state index in [9.17, 15) is 9.59 Å². The lowest BCUT2D eigenvalue weighted by Crippen LogP contribution is -2.34.